The van der Waals surface area contributed by atoms with E-state index in [2.05, 4.69) is 167 Å². The third kappa shape index (κ3) is 4.35. The fourth-order valence-electron chi connectivity index (χ4n) is 8.76. The third-order valence-corrected chi connectivity index (χ3v) is 11.1. The number of hydrogen-bond donors (Lipinski definition) is 0. The number of fused-ring (bicyclic) bond motifs is 12. The molecule has 0 radical (unpaired) electrons. The molecule has 4 heterocycles. The number of hydrogen-bond acceptors (Lipinski definition) is 3. The van der Waals surface area contributed by atoms with Gasteiger partial charge in [0.2, 0.25) is 0 Å². The van der Waals surface area contributed by atoms with Crippen LogP contribution >= 0.6 is 0 Å². The maximum atomic E-state index is 6.78. The van der Waals surface area contributed by atoms with Gasteiger partial charge in [-0.3, -0.25) is 0 Å². The van der Waals surface area contributed by atoms with Crippen LogP contribution in [0.25, 0.3) is 110 Å². The molecule has 0 saturated heterocycles. The molecular weight excluding hydrogens is 673 g/mol. The second-order valence-corrected chi connectivity index (χ2v) is 14.1. The predicted molar refractivity (Wildman–Crippen MR) is 226 cm³/mol. The van der Waals surface area contributed by atoms with Crippen LogP contribution < -0.4 is 0 Å². The summed E-state index contributed by atoms with van der Waals surface area (Å²) in [6.45, 7) is 0. The van der Waals surface area contributed by atoms with Crippen LogP contribution in [0.1, 0.15) is 0 Å². The molecule has 5 nitrogen and oxygen atoms in total. The fourth-order valence-corrected chi connectivity index (χ4v) is 8.76. The zero-order valence-electron chi connectivity index (χ0n) is 29.5. The summed E-state index contributed by atoms with van der Waals surface area (Å²) in [5, 5.41) is 7.95. The first-order valence-electron chi connectivity index (χ1n) is 18.6. The molecule has 0 atom stereocenters. The van der Waals surface area contributed by atoms with Crippen LogP contribution in [0.4, 0.5) is 0 Å². The minimum Gasteiger partial charge on any atom is -0.455 e. The van der Waals surface area contributed by atoms with Crippen LogP contribution in [-0.2, 0) is 0 Å². The molecule has 5 heteroatoms. The Morgan fingerprint density at radius 1 is 0.382 bits per heavy atom. The molecule has 0 aliphatic rings. The second kappa shape index (κ2) is 11.5. The summed E-state index contributed by atoms with van der Waals surface area (Å²) in [5.41, 5.74) is 12.3. The molecule has 0 fully saturated rings. The molecule has 0 unspecified atom stereocenters. The summed E-state index contributed by atoms with van der Waals surface area (Å²) < 4.78 is 11.5. The lowest BCUT2D eigenvalue weighted by Crippen LogP contribution is -1.98. The first-order chi connectivity index (χ1) is 27.3. The molecule has 0 aliphatic heterocycles. The summed E-state index contributed by atoms with van der Waals surface area (Å²) >= 11 is 0. The lowest BCUT2D eigenvalue weighted by atomic mass is 10.0. The van der Waals surface area contributed by atoms with Crippen molar-refractivity contribution < 1.29 is 4.42 Å². The molecule has 12 rings (SSSR count). The van der Waals surface area contributed by atoms with E-state index in [0.717, 1.165) is 88.5 Å². The Morgan fingerprint density at radius 3 is 1.85 bits per heavy atom. The molecule has 256 valence electrons. The number of nitrogens with zero attached hydrogens (tertiary/aromatic N) is 4. The first kappa shape index (κ1) is 30.0. The highest BCUT2D eigenvalue weighted by Crippen LogP contribution is 2.46. The van der Waals surface area contributed by atoms with Crippen molar-refractivity contribution in [2.24, 2.45) is 0 Å². The van der Waals surface area contributed by atoms with Crippen molar-refractivity contribution in [3.8, 4) is 34.0 Å². The van der Waals surface area contributed by atoms with E-state index < -0.39 is 0 Å². The summed E-state index contributed by atoms with van der Waals surface area (Å²) in [6.07, 6.45) is 0. The van der Waals surface area contributed by atoms with E-state index in [4.69, 9.17) is 14.4 Å². The molecule has 4 aromatic heterocycles. The quantitative estimate of drug-likeness (QED) is 0.183. The van der Waals surface area contributed by atoms with Gasteiger partial charge >= 0.3 is 0 Å². The van der Waals surface area contributed by atoms with Gasteiger partial charge in [0.25, 0.3) is 0 Å². The van der Waals surface area contributed by atoms with Gasteiger partial charge in [0.05, 0.1) is 38.7 Å². The van der Waals surface area contributed by atoms with Crippen LogP contribution in [0.3, 0.4) is 0 Å². The summed E-state index contributed by atoms with van der Waals surface area (Å²) in [6, 6.07) is 64.0. The Labute approximate surface area is 315 Å². The maximum Gasteiger partial charge on any atom is 0.160 e. The van der Waals surface area contributed by atoms with Gasteiger partial charge in [-0.1, -0.05) is 115 Å². The molecule has 12 aromatic rings. The molecule has 0 amide bonds. The Bertz CT molecular complexity index is 3480. The monoisotopic (exact) mass is 702 g/mol. The Hall–Kier alpha value is -7.50. The van der Waals surface area contributed by atoms with Gasteiger partial charge in [-0.25, -0.2) is 9.97 Å². The van der Waals surface area contributed by atoms with E-state index in [1.54, 1.807) is 0 Å². The average Bonchev–Trinajstić information content (AvgIpc) is 3.91. The third-order valence-electron chi connectivity index (χ3n) is 11.1. The van der Waals surface area contributed by atoms with Crippen LogP contribution in [0.15, 0.2) is 186 Å². The number of furan rings is 1. The number of rotatable bonds is 4. The van der Waals surface area contributed by atoms with Gasteiger partial charge in [0, 0.05) is 54.8 Å². The average molecular weight is 703 g/mol. The van der Waals surface area contributed by atoms with Crippen LogP contribution in [0.5, 0.6) is 0 Å². The normalized spacial score (nSPS) is 12.0. The van der Waals surface area contributed by atoms with E-state index in [-0.39, 0.29) is 0 Å². The number of para-hydroxylation sites is 4. The van der Waals surface area contributed by atoms with Crippen molar-refractivity contribution in [1.29, 1.82) is 0 Å². The maximum absolute atomic E-state index is 6.78. The lowest BCUT2D eigenvalue weighted by molar-refractivity contribution is 0.673. The van der Waals surface area contributed by atoms with Crippen molar-refractivity contribution >= 4 is 76.5 Å². The predicted octanol–water partition coefficient (Wildman–Crippen LogP) is 13.1. The number of aromatic nitrogens is 4. The minimum absolute atomic E-state index is 0.695. The zero-order chi connectivity index (χ0) is 36.0. The molecular formula is C50H30N4O. The van der Waals surface area contributed by atoms with Crippen molar-refractivity contribution in [2.45, 2.75) is 0 Å². The standard InChI is InChI=1S/C50H30N4O/c1-3-14-31(15-4-1)48-37-21-7-10-23-39(37)51-50(52-48)32-16-13-19-34(30-32)54-40-24-11-8-22-38(40)45-41(54)28-29-42-46(45)47-43(53(42)33-17-5-2-6-18-33)27-26-36-35-20-9-12-25-44(35)55-49(36)47/h1-30H. The smallest absolute Gasteiger partial charge is 0.160 e. The fraction of sp³-hybridized carbons (Fsp3) is 0. The highest BCUT2D eigenvalue weighted by molar-refractivity contribution is 6.34. The van der Waals surface area contributed by atoms with Gasteiger partial charge < -0.3 is 13.6 Å². The van der Waals surface area contributed by atoms with Crippen LogP contribution in [-0.4, -0.2) is 19.1 Å². The molecule has 0 N–H and O–H groups in total. The highest BCUT2D eigenvalue weighted by Gasteiger charge is 2.24. The largest absolute Gasteiger partial charge is 0.455 e. The molecule has 0 bridgehead atoms. The zero-order valence-corrected chi connectivity index (χ0v) is 29.5. The van der Waals surface area contributed by atoms with Crippen molar-refractivity contribution in [2.75, 3.05) is 0 Å². The highest BCUT2D eigenvalue weighted by atomic mass is 16.3. The van der Waals surface area contributed by atoms with Crippen LogP contribution in [0, 0.1) is 0 Å². The molecule has 0 saturated carbocycles. The Morgan fingerprint density at radius 2 is 1.00 bits per heavy atom. The lowest BCUT2D eigenvalue weighted by Gasteiger charge is -2.12. The van der Waals surface area contributed by atoms with Gasteiger partial charge in [0.1, 0.15) is 11.2 Å². The second-order valence-electron chi connectivity index (χ2n) is 14.1. The van der Waals surface area contributed by atoms with Crippen molar-refractivity contribution in [3.05, 3.63) is 182 Å². The van der Waals surface area contributed by atoms with Crippen molar-refractivity contribution in [1.82, 2.24) is 19.1 Å². The topological polar surface area (TPSA) is 48.8 Å². The molecule has 55 heavy (non-hydrogen) atoms. The molecule has 0 spiro atoms. The van der Waals surface area contributed by atoms with Gasteiger partial charge in [-0.05, 0) is 66.7 Å². The van der Waals surface area contributed by atoms with E-state index in [0.29, 0.717) is 5.82 Å². The van der Waals surface area contributed by atoms with Gasteiger partial charge in [0.15, 0.2) is 5.82 Å². The summed E-state index contributed by atoms with van der Waals surface area (Å²) in [4.78, 5) is 10.3. The summed E-state index contributed by atoms with van der Waals surface area (Å²) in [7, 11) is 0. The van der Waals surface area contributed by atoms with Crippen LogP contribution in [0.2, 0.25) is 0 Å². The van der Waals surface area contributed by atoms with E-state index in [1.165, 1.54) is 16.2 Å². The Balaban J connectivity index is 1.16. The summed E-state index contributed by atoms with van der Waals surface area (Å²) in [5.74, 6) is 0.695. The van der Waals surface area contributed by atoms with Gasteiger partial charge in [-0.15, -0.1) is 0 Å². The van der Waals surface area contributed by atoms with E-state index in [9.17, 15) is 0 Å². The van der Waals surface area contributed by atoms with E-state index in [1.807, 2.05) is 24.3 Å². The van der Waals surface area contributed by atoms with Crippen molar-refractivity contribution in [3.63, 3.8) is 0 Å². The molecule has 8 aromatic carbocycles. The minimum atomic E-state index is 0.695. The SMILES string of the molecule is c1ccc(-c2nc(-c3cccc(-n4c5ccccc5c5c6c7c8oc9ccccc9c8ccc7n(-c7ccccc7)c6ccc54)c3)nc3ccccc23)cc1. The Kier molecular flexibility index (Phi) is 6.27. The number of benzene rings is 8. The van der Waals surface area contributed by atoms with E-state index >= 15 is 0 Å². The molecule has 0 aliphatic carbocycles. The van der Waals surface area contributed by atoms with Gasteiger partial charge in [-0.2, -0.15) is 0 Å². The first-order valence-corrected chi connectivity index (χ1v) is 18.6.